The Morgan fingerprint density at radius 2 is 1.70 bits per heavy atom. The van der Waals surface area contributed by atoms with Crippen LogP contribution in [0.1, 0.15) is 36.8 Å². The third kappa shape index (κ3) is 4.05. The van der Waals surface area contributed by atoms with E-state index in [0.717, 1.165) is 23.1 Å². The third-order valence-electron chi connectivity index (χ3n) is 3.06. The second kappa shape index (κ2) is 6.86. The van der Waals surface area contributed by atoms with E-state index < -0.39 is 0 Å². The van der Waals surface area contributed by atoms with E-state index >= 15 is 0 Å². The monoisotopic (exact) mass is 287 g/mol. The number of aryl methyl sites for hydroxylation is 2. The van der Waals surface area contributed by atoms with Crippen LogP contribution in [0.15, 0.2) is 40.4 Å². The number of nitrogens with zero attached hydrogens (tertiary/aromatic N) is 2. The summed E-state index contributed by atoms with van der Waals surface area (Å²) in [5.74, 6) is 0. The number of nitrogens with one attached hydrogen (secondary N) is 1. The quantitative estimate of drug-likeness (QED) is 0.846. The van der Waals surface area contributed by atoms with Gasteiger partial charge in [-0.05, 0) is 62.8 Å². The largest absolute Gasteiger partial charge is 0.310 e. The van der Waals surface area contributed by atoms with Crippen molar-refractivity contribution in [1.82, 2.24) is 15.3 Å². The molecule has 4 heteroatoms. The Morgan fingerprint density at radius 1 is 1.10 bits per heavy atom. The van der Waals surface area contributed by atoms with Crippen molar-refractivity contribution in [3.63, 3.8) is 0 Å². The van der Waals surface area contributed by atoms with Gasteiger partial charge in [-0.1, -0.05) is 19.1 Å². The molecule has 0 aliphatic carbocycles. The predicted molar refractivity (Wildman–Crippen MR) is 84.2 cm³/mol. The topological polar surface area (TPSA) is 37.8 Å². The molecule has 1 aromatic carbocycles. The van der Waals surface area contributed by atoms with Crippen LogP contribution in [-0.2, 0) is 0 Å². The van der Waals surface area contributed by atoms with Crippen molar-refractivity contribution in [3.8, 4) is 0 Å². The fourth-order valence-electron chi connectivity index (χ4n) is 2.09. The van der Waals surface area contributed by atoms with Crippen molar-refractivity contribution < 1.29 is 0 Å². The molecule has 0 aliphatic rings. The summed E-state index contributed by atoms with van der Waals surface area (Å²) in [5.41, 5.74) is 3.33. The van der Waals surface area contributed by atoms with Crippen LogP contribution in [0.5, 0.6) is 0 Å². The van der Waals surface area contributed by atoms with Crippen LogP contribution in [-0.4, -0.2) is 16.5 Å². The zero-order chi connectivity index (χ0) is 14.5. The Hall–Kier alpha value is -1.39. The van der Waals surface area contributed by atoms with Crippen LogP contribution in [0.3, 0.4) is 0 Å². The smallest absolute Gasteiger partial charge is 0.192 e. The van der Waals surface area contributed by atoms with Gasteiger partial charge in [0.15, 0.2) is 5.16 Å². The van der Waals surface area contributed by atoms with E-state index in [9.17, 15) is 0 Å². The lowest BCUT2D eigenvalue weighted by Crippen LogP contribution is -2.17. The second-order valence-corrected chi connectivity index (χ2v) is 5.92. The summed E-state index contributed by atoms with van der Waals surface area (Å²) in [4.78, 5) is 10.1. The van der Waals surface area contributed by atoms with Gasteiger partial charge < -0.3 is 5.32 Å². The molecule has 1 aromatic heterocycles. The molecule has 1 heterocycles. The molecule has 0 bridgehead atoms. The van der Waals surface area contributed by atoms with Gasteiger partial charge in [-0.2, -0.15) is 0 Å². The summed E-state index contributed by atoms with van der Waals surface area (Å²) in [7, 11) is 0. The summed E-state index contributed by atoms with van der Waals surface area (Å²) in [6, 6.07) is 11.0. The van der Waals surface area contributed by atoms with Crippen molar-refractivity contribution in [2.75, 3.05) is 6.54 Å². The summed E-state index contributed by atoms with van der Waals surface area (Å²) in [5, 5.41) is 4.23. The molecule has 0 saturated carbocycles. The lowest BCUT2D eigenvalue weighted by molar-refractivity contribution is 0.598. The Bertz CT molecular complexity index is 546. The molecule has 1 N–H and O–H groups in total. The van der Waals surface area contributed by atoms with Gasteiger partial charge in [-0.15, -0.1) is 0 Å². The van der Waals surface area contributed by atoms with E-state index in [0.29, 0.717) is 6.04 Å². The zero-order valence-electron chi connectivity index (χ0n) is 12.5. The van der Waals surface area contributed by atoms with Crippen LogP contribution in [0, 0.1) is 13.8 Å². The summed E-state index contributed by atoms with van der Waals surface area (Å²) >= 11 is 1.61. The van der Waals surface area contributed by atoms with E-state index in [1.807, 2.05) is 19.9 Å². The fourth-order valence-corrected chi connectivity index (χ4v) is 2.96. The highest BCUT2D eigenvalue weighted by atomic mass is 32.2. The fraction of sp³-hybridized carbons (Fsp3) is 0.375. The Labute approximate surface area is 125 Å². The predicted octanol–water partition coefficient (Wildman–Crippen LogP) is 3.92. The SMILES string of the molecule is CCNC(C)c1ccc(Sc2nc(C)cc(C)n2)cc1. The molecular weight excluding hydrogens is 266 g/mol. The zero-order valence-corrected chi connectivity index (χ0v) is 13.3. The molecular formula is C16H21N3S. The molecule has 0 aliphatic heterocycles. The van der Waals surface area contributed by atoms with E-state index in [2.05, 4.69) is 53.4 Å². The maximum atomic E-state index is 4.46. The van der Waals surface area contributed by atoms with Gasteiger partial charge in [0.1, 0.15) is 0 Å². The van der Waals surface area contributed by atoms with Gasteiger partial charge in [0.2, 0.25) is 0 Å². The van der Waals surface area contributed by atoms with Crippen LogP contribution < -0.4 is 5.32 Å². The summed E-state index contributed by atoms with van der Waals surface area (Å²) in [6.07, 6.45) is 0. The Kier molecular flexibility index (Phi) is 5.15. The average Bonchev–Trinajstić information content (AvgIpc) is 2.38. The Morgan fingerprint density at radius 3 is 2.25 bits per heavy atom. The van der Waals surface area contributed by atoms with Crippen LogP contribution in [0.25, 0.3) is 0 Å². The maximum absolute atomic E-state index is 4.46. The normalized spacial score (nSPS) is 12.4. The van der Waals surface area contributed by atoms with Gasteiger partial charge in [0.05, 0.1) is 0 Å². The summed E-state index contributed by atoms with van der Waals surface area (Å²) in [6.45, 7) is 9.28. The highest BCUT2D eigenvalue weighted by molar-refractivity contribution is 7.99. The molecule has 2 aromatic rings. The first-order valence-corrected chi connectivity index (χ1v) is 7.73. The molecule has 0 amide bonds. The molecule has 106 valence electrons. The number of aromatic nitrogens is 2. The third-order valence-corrected chi connectivity index (χ3v) is 3.93. The van der Waals surface area contributed by atoms with Crippen molar-refractivity contribution in [1.29, 1.82) is 0 Å². The first kappa shape index (κ1) is 15.0. The van der Waals surface area contributed by atoms with Gasteiger partial charge in [-0.25, -0.2) is 9.97 Å². The minimum Gasteiger partial charge on any atom is -0.310 e. The van der Waals surface area contributed by atoms with Crippen LogP contribution in [0.2, 0.25) is 0 Å². The number of rotatable bonds is 5. The van der Waals surface area contributed by atoms with Crippen molar-refractivity contribution >= 4 is 11.8 Å². The number of hydrogen-bond donors (Lipinski definition) is 1. The average molecular weight is 287 g/mol. The maximum Gasteiger partial charge on any atom is 0.192 e. The molecule has 1 atom stereocenters. The minimum atomic E-state index is 0.386. The molecule has 20 heavy (non-hydrogen) atoms. The molecule has 0 spiro atoms. The lowest BCUT2D eigenvalue weighted by atomic mass is 10.1. The van der Waals surface area contributed by atoms with Gasteiger partial charge >= 0.3 is 0 Å². The van der Waals surface area contributed by atoms with E-state index in [1.54, 1.807) is 11.8 Å². The van der Waals surface area contributed by atoms with Gasteiger partial charge in [-0.3, -0.25) is 0 Å². The molecule has 0 saturated heterocycles. The lowest BCUT2D eigenvalue weighted by Gasteiger charge is -2.12. The van der Waals surface area contributed by atoms with Crippen LogP contribution >= 0.6 is 11.8 Å². The van der Waals surface area contributed by atoms with Gasteiger partial charge in [0.25, 0.3) is 0 Å². The first-order chi connectivity index (χ1) is 9.58. The highest BCUT2D eigenvalue weighted by Gasteiger charge is 2.05. The highest BCUT2D eigenvalue weighted by Crippen LogP contribution is 2.26. The van der Waals surface area contributed by atoms with Crippen molar-refractivity contribution in [3.05, 3.63) is 47.3 Å². The van der Waals surface area contributed by atoms with E-state index in [4.69, 9.17) is 0 Å². The van der Waals surface area contributed by atoms with E-state index in [1.165, 1.54) is 10.5 Å². The first-order valence-electron chi connectivity index (χ1n) is 6.92. The Balaban J connectivity index is 2.10. The van der Waals surface area contributed by atoms with Crippen molar-refractivity contribution in [2.24, 2.45) is 0 Å². The molecule has 1 unspecified atom stereocenters. The minimum absolute atomic E-state index is 0.386. The van der Waals surface area contributed by atoms with Gasteiger partial charge in [0, 0.05) is 22.3 Å². The van der Waals surface area contributed by atoms with Crippen LogP contribution in [0.4, 0.5) is 0 Å². The summed E-state index contributed by atoms with van der Waals surface area (Å²) < 4.78 is 0. The number of hydrogen-bond acceptors (Lipinski definition) is 4. The van der Waals surface area contributed by atoms with Crippen molar-refractivity contribution in [2.45, 2.75) is 43.8 Å². The standard InChI is InChI=1S/C16H21N3S/c1-5-17-13(4)14-6-8-15(9-7-14)20-16-18-11(2)10-12(3)19-16/h6-10,13,17H,5H2,1-4H3. The second-order valence-electron chi connectivity index (χ2n) is 4.88. The number of benzene rings is 1. The molecule has 0 fully saturated rings. The molecule has 2 rings (SSSR count). The van der Waals surface area contributed by atoms with E-state index in [-0.39, 0.29) is 0 Å². The molecule has 3 nitrogen and oxygen atoms in total. The molecule has 0 radical (unpaired) electrons.